The molecule has 0 aliphatic carbocycles. The van der Waals surface area contributed by atoms with E-state index in [1.807, 2.05) is 25.1 Å². The SMILES string of the molecule is CC1CN(S(=O)(=O)CCCC(=O)O)c2ccccc2CN1. The Bertz CT molecular complexity index is 615. The summed E-state index contributed by atoms with van der Waals surface area (Å²) in [6.07, 6.45) is -0.0132. The molecule has 1 atom stereocenters. The second-order valence-corrected chi connectivity index (χ2v) is 7.27. The number of carbonyl (C=O) groups is 1. The summed E-state index contributed by atoms with van der Waals surface area (Å²) in [5.74, 6) is -1.13. The topological polar surface area (TPSA) is 86.7 Å². The number of aliphatic carboxylic acids is 1. The van der Waals surface area contributed by atoms with Gasteiger partial charge in [-0.2, -0.15) is 0 Å². The lowest BCUT2D eigenvalue weighted by atomic mass is 10.2. The van der Waals surface area contributed by atoms with Gasteiger partial charge in [0.1, 0.15) is 0 Å². The quantitative estimate of drug-likeness (QED) is 0.852. The van der Waals surface area contributed by atoms with Crippen LogP contribution >= 0.6 is 0 Å². The minimum Gasteiger partial charge on any atom is -0.481 e. The molecular formula is C14H20N2O4S. The van der Waals surface area contributed by atoms with E-state index < -0.39 is 16.0 Å². The van der Waals surface area contributed by atoms with Crippen molar-refractivity contribution in [2.75, 3.05) is 16.6 Å². The first-order valence-corrected chi connectivity index (χ1v) is 8.54. The van der Waals surface area contributed by atoms with Crippen LogP contribution in [0.5, 0.6) is 0 Å². The van der Waals surface area contributed by atoms with Gasteiger partial charge in [-0.15, -0.1) is 0 Å². The maximum absolute atomic E-state index is 12.5. The van der Waals surface area contributed by atoms with E-state index in [0.717, 1.165) is 5.56 Å². The molecule has 0 amide bonds. The third kappa shape index (κ3) is 3.95. The molecule has 0 spiro atoms. The van der Waals surface area contributed by atoms with Gasteiger partial charge >= 0.3 is 5.97 Å². The van der Waals surface area contributed by atoms with E-state index in [-0.39, 0.29) is 24.6 Å². The Kier molecular flexibility index (Phi) is 4.84. The fourth-order valence-corrected chi connectivity index (χ4v) is 4.04. The summed E-state index contributed by atoms with van der Waals surface area (Å²) < 4.78 is 26.5. The van der Waals surface area contributed by atoms with Crippen molar-refractivity contribution in [2.45, 2.75) is 32.4 Å². The first-order valence-electron chi connectivity index (χ1n) is 6.93. The van der Waals surface area contributed by atoms with Crippen molar-refractivity contribution in [1.82, 2.24) is 5.32 Å². The van der Waals surface area contributed by atoms with Gasteiger partial charge in [0.25, 0.3) is 0 Å². The Morgan fingerprint density at radius 2 is 2.14 bits per heavy atom. The molecule has 1 aromatic rings. The molecule has 1 aromatic carbocycles. The van der Waals surface area contributed by atoms with Gasteiger partial charge in [0, 0.05) is 25.6 Å². The number of anilines is 1. The highest BCUT2D eigenvalue weighted by molar-refractivity contribution is 7.92. The molecule has 0 saturated carbocycles. The van der Waals surface area contributed by atoms with E-state index in [2.05, 4.69) is 5.32 Å². The van der Waals surface area contributed by atoms with Crippen LogP contribution in [0, 0.1) is 0 Å². The van der Waals surface area contributed by atoms with Gasteiger partial charge in [-0.3, -0.25) is 9.10 Å². The van der Waals surface area contributed by atoms with E-state index in [0.29, 0.717) is 18.8 Å². The number of benzene rings is 1. The Morgan fingerprint density at radius 1 is 1.43 bits per heavy atom. The van der Waals surface area contributed by atoms with Crippen LogP contribution in [0.1, 0.15) is 25.3 Å². The fraction of sp³-hybridized carbons (Fsp3) is 0.500. The van der Waals surface area contributed by atoms with Crippen molar-refractivity contribution < 1.29 is 18.3 Å². The van der Waals surface area contributed by atoms with Gasteiger partial charge in [0.05, 0.1) is 11.4 Å². The first-order chi connectivity index (χ1) is 9.90. The van der Waals surface area contributed by atoms with Crippen LogP contribution in [0.3, 0.4) is 0 Å². The molecule has 0 radical (unpaired) electrons. The standard InChI is InChI=1S/C14H20N2O4S/c1-11-10-16(21(19,20)8-4-7-14(17)18)13-6-3-2-5-12(13)9-15-11/h2-3,5-6,11,15H,4,7-10H2,1H3,(H,17,18). The van der Waals surface area contributed by atoms with E-state index >= 15 is 0 Å². The zero-order valence-electron chi connectivity index (χ0n) is 11.9. The fourth-order valence-electron chi connectivity index (χ4n) is 2.38. The van der Waals surface area contributed by atoms with E-state index in [1.165, 1.54) is 4.31 Å². The number of nitrogens with one attached hydrogen (secondary N) is 1. The van der Waals surface area contributed by atoms with Crippen LogP contribution in [0.15, 0.2) is 24.3 Å². The summed E-state index contributed by atoms with van der Waals surface area (Å²) in [7, 11) is -3.52. The number of rotatable bonds is 5. The Labute approximate surface area is 124 Å². The summed E-state index contributed by atoms with van der Waals surface area (Å²) in [4.78, 5) is 10.5. The molecule has 0 fully saturated rings. The molecule has 116 valence electrons. The molecule has 2 rings (SSSR count). The van der Waals surface area contributed by atoms with Crippen molar-refractivity contribution >= 4 is 21.7 Å². The Hall–Kier alpha value is -1.60. The zero-order valence-corrected chi connectivity index (χ0v) is 12.8. The minimum absolute atomic E-state index is 0.0339. The second-order valence-electron chi connectivity index (χ2n) is 5.26. The monoisotopic (exact) mass is 312 g/mol. The predicted octanol–water partition coefficient (Wildman–Crippen LogP) is 1.18. The molecule has 7 heteroatoms. The number of fused-ring (bicyclic) bond motifs is 1. The highest BCUT2D eigenvalue weighted by atomic mass is 32.2. The average molecular weight is 312 g/mol. The van der Waals surface area contributed by atoms with Crippen molar-refractivity contribution in [1.29, 1.82) is 0 Å². The number of hydrogen-bond donors (Lipinski definition) is 2. The van der Waals surface area contributed by atoms with Crippen molar-refractivity contribution in [3.63, 3.8) is 0 Å². The molecule has 2 N–H and O–H groups in total. The third-order valence-electron chi connectivity index (χ3n) is 3.47. The average Bonchev–Trinajstić information content (AvgIpc) is 2.58. The Morgan fingerprint density at radius 3 is 2.86 bits per heavy atom. The van der Waals surface area contributed by atoms with Gasteiger partial charge in [0.15, 0.2) is 0 Å². The molecule has 1 unspecified atom stereocenters. The van der Waals surface area contributed by atoms with Crippen LogP contribution < -0.4 is 9.62 Å². The van der Waals surface area contributed by atoms with Crippen LogP contribution in [-0.2, 0) is 21.4 Å². The predicted molar refractivity (Wildman–Crippen MR) is 80.7 cm³/mol. The summed E-state index contributed by atoms with van der Waals surface area (Å²) >= 11 is 0. The molecule has 21 heavy (non-hydrogen) atoms. The number of sulfonamides is 1. The summed E-state index contributed by atoms with van der Waals surface area (Å²) in [6.45, 7) is 2.91. The lowest BCUT2D eigenvalue weighted by Gasteiger charge is -2.25. The number of carboxylic acid groups (broad SMARTS) is 1. The van der Waals surface area contributed by atoms with Crippen LogP contribution in [0.4, 0.5) is 5.69 Å². The highest BCUT2D eigenvalue weighted by Gasteiger charge is 2.28. The third-order valence-corrected chi connectivity index (χ3v) is 5.29. The molecule has 1 aliphatic heterocycles. The van der Waals surface area contributed by atoms with E-state index in [9.17, 15) is 13.2 Å². The second kappa shape index (κ2) is 6.44. The van der Waals surface area contributed by atoms with Gasteiger partial charge in [0.2, 0.25) is 10.0 Å². The zero-order chi connectivity index (χ0) is 15.5. The molecule has 1 heterocycles. The van der Waals surface area contributed by atoms with Gasteiger partial charge in [-0.25, -0.2) is 8.42 Å². The molecule has 6 nitrogen and oxygen atoms in total. The largest absolute Gasteiger partial charge is 0.481 e. The summed E-state index contributed by atoms with van der Waals surface area (Å²) in [5, 5.41) is 11.9. The van der Waals surface area contributed by atoms with E-state index in [4.69, 9.17) is 5.11 Å². The first kappa shape index (κ1) is 15.8. The van der Waals surface area contributed by atoms with Crippen LogP contribution in [0.2, 0.25) is 0 Å². The molecule has 0 saturated heterocycles. The van der Waals surface area contributed by atoms with E-state index in [1.54, 1.807) is 6.07 Å². The maximum atomic E-state index is 12.5. The lowest BCUT2D eigenvalue weighted by molar-refractivity contribution is -0.137. The van der Waals surface area contributed by atoms with Crippen LogP contribution in [0.25, 0.3) is 0 Å². The van der Waals surface area contributed by atoms with Crippen molar-refractivity contribution in [3.8, 4) is 0 Å². The number of hydrogen-bond acceptors (Lipinski definition) is 4. The molecule has 0 aromatic heterocycles. The molecule has 1 aliphatic rings. The van der Waals surface area contributed by atoms with Crippen molar-refractivity contribution in [3.05, 3.63) is 29.8 Å². The lowest BCUT2D eigenvalue weighted by Crippen LogP contribution is -2.40. The molecular weight excluding hydrogens is 292 g/mol. The van der Waals surface area contributed by atoms with Gasteiger partial charge in [-0.05, 0) is 25.0 Å². The normalized spacial score (nSPS) is 18.9. The van der Waals surface area contributed by atoms with Gasteiger partial charge < -0.3 is 10.4 Å². The number of para-hydroxylation sites is 1. The smallest absolute Gasteiger partial charge is 0.303 e. The highest BCUT2D eigenvalue weighted by Crippen LogP contribution is 2.26. The van der Waals surface area contributed by atoms with Crippen LogP contribution in [-0.4, -0.2) is 37.8 Å². The molecule has 0 bridgehead atoms. The number of nitrogens with zero attached hydrogens (tertiary/aromatic N) is 1. The minimum atomic E-state index is -3.52. The van der Waals surface area contributed by atoms with Gasteiger partial charge in [-0.1, -0.05) is 18.2 Å². The number of carboxylic acids is 1. The summed E-state index contributed by atoms with van der Waals surface area (Å²) in [5.41, 5.74) is 1.62. The Balaban J connectivity index is 2.25. The maximum Gasteiger partial charge on any atom is 0.303 e. The summed E-state index contributed by atoms with van der Waals surface area (Å²) in [6, 6.07) is 7.43. The van der Waals surface area contributed by atoms with Crippen molar-refractivity contribution in [2.24, 2.45) is 0 Å².